The zero-order valence-electron chi connectivity index (χ0n) is 11.0. The second kappa shape index (κ2) is 4.17. The number of primary amides is 1. The molecule has 0 saturated carbocycles. The molecule has 4 rings (SSSR count). The first kappa shape index (κ1) is 11.7. The second-order valence-electron chi connectivity index (χ2n) is 4.76. The topological polar surface area (TPSA) is 78.2 Å². The van der Waals surface area contributed by atoms with Crippen LogP contribution in [0.5, 0.6) is 0 Å². The molecule has 102 valence electrons. The summed E-state index contributed by atoms with van der Waals surface area (Å²) in [5.74, 6) is 0. The number of hydrogen-bond donors (Lipinski definition) is 1. The van der Waals surface area contributed by atoms with Crippen LogP contribution in [0.2, 0.25) is 0 Å². The van der Waals surface area contributed by atoms with E-state index in [4.69, 9.17) is 5.73 Å². The molecule has 0 saturated heterocycles. The third-order valence-electron chi connectivity index (χ3n) is 3.51. The van der Waals surface area contributed by atoms with Gasteiger partial charge in [-0.05, 0) is 29.8 Å². The maximum Gasteiger partial charge on any atom is 0.340 e. The number of aromatic nitrogens is 4. The molecule has 0 bridgehead atoms. The summed E-state index contributed by atoms with van der Waals surface area (Å²) < 4.78 is 3.02. The van der Waals surface area contributed by atoms with Gasteiger partial charge >= 0.3 is 6.03 Å². The third-order valence-corrected chi connectivity index (χ3v) is 3.51. The van der Waals surface area contributed by atoms with Gasteiger partial charge in [-0.3, -0.25) is 0 Å². The van der Waals surface area contributed by atoms with Crippen molar-refractivity contribution in [1.82, 2.24) is 19.4 Å². The Balaban J connectivity index is 1.93. The van der Waals surface area contributed by atoms with Crippen molar-refractivity contribution in [1.29, 1.82) is 0 Å². The van der Waals surface area contributed by atoms with Crippen molar-refractivity contribution in [3.05, 3.63) is 55.0 Å². The molecule has 0 atom stereocenters. The maximum atomic E-state index is 11.3. The minimum absolute atomic E-state index is 0.589. The van der Waals surface area contributed by atoms with Gasteiger partial charge in [0.2, 0.25) is 0 Å². The Hall–Kier alpha value is -3.15. The summed E-state index contributed by atoms with van der Waals surface area (Å²) >= 11 is 0. The number of carbonyl (C=O) groups excluding carboxylic acids is 1. The van der Waals surface area contributed by atoms with E-state index >= 15 is 0 Å². The number of nitrogens with zero attached hydrogens (tertiary/aromatic N) is 4. The van der Waals surface area contributed by atoms with Gasteiger partial charge in [-0.15, -0.1) is 0 Å². The number of fused-ring (bicyclic) bond motifs is 2. The standard InChI is InChI=1S/C15H11N5O/c16-15(21)20-13-5-4-10(7-11(13)8-18-20)12-9-17-19-6-2-1-3-14(12)19/h1-9H,(H2,16,21). The predicted molar refractivity (Wildman–Crippen MR) is 78.9 cm³/mol. The molecule has 0 spiro atoms. The van der Waals surface area contributed by atoms with Crippen molar-refractivity contribution < 1.29 is 4.79 Å². The van der Waals surface area contributed by atoms with Crippen LogP contribution in [-0.2, 0) is 0 Å². The molecule has 3 heterocycles. The first-order valence-electron chi connectivity index (χ1n) is 6.44. The highest BCUT2D eigenvalue weighted by Gasteiger charge is 2.10. The molecule has 3 aromatic heterocycles. The number of pyridine rings is 1. The largest absolute Gasteiger partial charge is 0.350 e. The Morgan fingerprint density at radius 1 is 1.05 bits per heavy atom. The van der Waals surface area contributed by atoms with E-state index in [-0.39, 0.29) is 0 Å². The smallest absolute Gasteiger partial charge is 0.340 e. The summed E-state index contributed by atoms with van der Waals surface area (Å²) in [4.78, 5) is 11.3. The maximum absolute atomic E-state index is 11.3. The summed E-state index contributed by atoms with van der Waals surface area (Å²) in [6, 6.07) is 11.1. The number of hydrogen-bond acceptors (Lipinski definition) is 3. The molecule has 0 aliphatic rings. The van der Waals surface area contributed by atoms with Crippen LogP contribution in [0, 0.1) is 0 Å². The minimum atomic E-state index is -0.589. The highest BCUT2D eigenvalue weighted by molar-refractivity contribution is 5.93. The highest BCUT2D eigenvalue weighted by atomic mass is 16.2. The number of carbonyl (C=O) groups is 1. The van der Waals surface area contributed by atoms with Crippen molar-refractivity contribution in [3.8, 4) is 11.1 Å². The molecule has 6 nitrogen and oxygen atoms in total. The minimum Gasteiger partial charge on any atom is -0.350 e. The fourth-order valence-corrected chi connectivity index (χ4v) is 2.53. The average Bonchev–Trinajstić information content (AvgIpc) is 3.10. The molecule has 0 aliphatic carbocycles. The molecule has 0 aliphatic heterocycles. The second-order valence-corrected chi connectivity index (χ2v) is 4.76. The van der Waals surface area contributed by atoms with E-state index in [0.29, 0.717) is 5.52 Å². The molecule has 0 radical (unpaired) electrons. The fourth-order valence-electron chi connectivity index (χ4n) is 2.53. The average molecular weight is 277 g/mol. The highest BCUT2D eigenvalue weighted by Crippen LogP contribution is 2.27. The van der Waals surface area contributed by atoms with E-state index in [1.807, 2.05) is 53.3 Å². The Kier molecular flexibility index (Phi) is 2.32. The molecule has 0 unspecified atom stereocenters. The Morgan fingerprint density at radius 2 is 1.95 bits per heavy atom. The van der Waals surface area contributed by atoms with Crippen LogP contribution in [0.1, 0.15) is 0 Å². The van der Waals surface area contributed by atoms with Gasteiger partial charge < -0.3 is 5.73 Å². The van der Waals surface area contributed by atoms with Crippen LogP contribution in [0.25, 0.3) is 27.5 Å². The van der Waals surface area contributed by atoms with Crippen LogP contribution >= 0.6 is 0 Å². The van der Waals surface area contributed by atoms with Crippen LogP contribution < -0.4 is 5.73 Å². The SMILES string of the molecule is NC(=O)n1ncc2cc(-c3cnn4ccccc34)ccc21. The van der Waals surface area contributed by atoms with Crippen LogP contribution in [0.4, 0.5) is 4.79 Å². The van der Waals surface area contributed by atoms with Crippen molar-refractivity contribution in [2.75, 3.05) is 0 Å². The van der Waals surface area contributed by atoms with Gasteiger partial charge in [0.15, 0.2) is 0 Å². The molecule has 1 aromatic carbocycles. The zero-order chi connectivity index (χ0) is 14.4. The number of rotatable bonds is 1. The molecule has 2 N–H and O–H groups in total. The fraction of sp³-hybridized carbons (Fsp3) is 0. The van der Waals surface area contributed by atoms with Crippen molar-refractivity contribution >= 4 is 22.5 Å². The van der Waals surface area contributed by atoms with E-state index < -0.39 is 6.03 Å². The zero-order valence-corrected chi connectivity index (χ0v) is 11.0. The van der Waals surface area contributed by atoms with Gasteiger partial charge in [0.05, 0.1) is 23.4 Å². The molecular formula is C15H11N5O. The van der Waals surface area contributed by atoms with Crippen LogP contribution in [0.3, 0.4) is 0 Å². The Bertz CT molecular complexity index is 982. The lowest BCUT2D eigenvalue weighted by molar-refractivity contribution is 0.248. The molecule has 21 heavy (non-hydrogen) atoms. The van der Waals surface area contributed by atoms with E-state index in [2.05, 4.69) is 10.2 Å². The summed E-state index contributed by atoms with van der Waals surface area (Å²) in [7, 11) is 0. The van der Waals surface area contributed by atoms with Crippen molar-refractivity contribution in [3.63, 3.8) is 0 Å². The Labute approximate surface area is 119 Å². The first-order valence-corrected chi connectivity index (χ1v) is 6.44. The lowest BCUT2D eigenvalue weighted by atomic mass is 10.1. The predicted octanol–water partition coefficient (Wildman–Crippen LogP) is 2.28. The molecular weight excluding hydrogens is 266 g/mol. The third kappa shape index (κ3) is 1.69. The van der Waals surface area contributed by atoms with Gasteiger partial charge in [-0.25, -0.2) is 9.31 Å². The molecule has 6 heteroatoms. The number of amides is 1. The summed E-state index contributed by atoms with van der Waals surface area (Å²) in [5, 5.41) is 9.19. The lowest BCUT2D eigenvalue weighted by Gasteiger charge is -2.01. The summed E-state index contributed by atoms with van der Waals surface area (Å²) in [6.45, 7) is 0. The molecule has 0 fully saturated rings. The normalized spacial score (nSPS) is 11.2. The molecule has 4 aromatic rings. The van der Waals surface area contributed by atoms with Crippen LogP contribution in [0.15, 0.2) is 55.0 Å². The van der Waals surface area contributed by atoms with E-state index in [0.717, 1.165) is 22.0 Å². The number of nitrogens with two attached hydrogens (primary N) is 1. The monoisotopic (exact) mass is 277 g/mol. The van der Waals surface area contributed by atoms with Gasteiger partial charge in [0.25, 0.3) is 0 Å². The first-order chi connectivity index (χ1) is 10.2. The summed E-state index contributed by atoms with van der Waals surface area (Å²) in [5.41, 5.74) is 9.06. The van der Waals surface area contributed by atoms with Crippen molar-refractivity contribution in [2.24, 2.45) is 5.73 Å². The van der Waals surface area contributed by atoms with Gasteiger partial charge in [0, 0.05) is 17.1 Å². The quantitative estimate of drug-likeness (QED) is 0.579. The van der Waals surface area contributed by atoms with Gasteiger partial charge in [-0.2, -0.15) is 14.9 Å². The van der Waals surface area contributed by atoms with E-state index in [1.165, 1.54) is 4.68 Å². The van der Waals surface area contributed by atoms with Crippen molar-refractivity contribution in [2.45, 2.75) is 0 Å². The Morgan fingerprint density at radius 3 is 2.81 bits per heavy atom. The molecule has 1 amide bonds. The lowest BCUT2D eigenvalue weighted by Crippen LogP contribution is -2.20. The van der Waals surface area contributed by atoms with Crippen LogP contribution in [-0.4, -0.2) is 25.4 Å². The van der Waals surface area contributed by atoms with E-state index in [1.54, 1.807) is 6.20 Å². The van der Waals surface area contributed by atoms with Gasteiger partial charge in [-0.1, -0.05) is 12.1 Å². The number of benzene rings is 1. The van der Waals surface area contributed by atoms with Gasteiger partial charge in [0.1, 0.15) is 0 Å². The summed E-state index contributed by atoms with van der Waals surface area (Å²) in [6.07, 6.45) is 5.37. The van der Waals surface area contributed by atoms with E-state index in [9.17, 15) is 4.79 Å².